The highest BCUT2D eigenvalue weighted by molar-refractivity contribution is 5.94. The molecule has 0 bridgehead atoms. The van der Waals surface area contributed by atoms with E-state index in [0.29, 0.717) is 23.6 Å². The zero-order chi connectivity index (χ0) is 20.6. The Balaban J connectivity index is 1.18. The summed E-state index contributed by atoms with van der Waals surface area (Å²) in [5.41, 5.74) is 0.789. The maximum atomic E-state index is 12.9. The van der Waals surface area contributed by atoms with Crippen molar-refractivity contribution < 1.29 is 19.0 Å². The number of hydrogen-bond acceptors (Lipinski definition) is 6. The molecular weight excluding hydrogens is 382 g/mol. The highest BCUT2D eigenvalue weighted by Gasteiger charge is 2.57. The van der Waals surface area contributed by atoms with Crippen LogP contribution in [0.2, 0.25) is 0 Å². The molecule has 1 unspecified atom stereocenters. The van der Waals surface area contributed by atoms with Gasteiger partial charge in [0.05, 0.1) is 24.3 Å². The van der Waals surface area contributed by atoms with Crippen LogP contribution in [0, 0.1) is 5.92 Å². The summed E-state index contributed by atoms with van der Waals surface area (Å²) >= 11 is 0. The number of methoxy groups -OCH3 is 1. The third kappa shape index (κ3) is 3.83. The first-order valence-electron chi connectivity index (χ1n) is 11.4. The first-order valence-corrected chi connectivity index (χ1v) is 11.4. The quantitative estimate of drug-likeness (QED) is 0.711. The number of likely N-dealkylation sites (tertiary alicyclic amines) is 2. The average molecular weight is 416 g/mol. The summed E-state index contributed by atoms with van der Waals surface area (Å²) in [5.74, 6) is 1.40. The molecule has 7 heteroatoms. The van der Waals surface area contributed by atoms with E-state index in [1.54, 1.807) is 25.4 Å². The number of pyridine rings is 1. The molecule has 1 aromatic rings. The number of carbonyl (C=O) groups is 1. The van der Waals surface area contributed by atoms with Crippen LogP contribution in [0.4, 0.5) is 0 Å². The number of aromatic nitrogens is 1. The van der Waals surface area contributed by atoms with Crippen molar-refractivity contribution in [2.75, 3.05) is 46.6 Å². The Kier molecular flexibility index (Phi) is 5.69. The molecule has 164 valence electrons. The average Bonchev–Trinajstić information content (AvgIpc) is 3.63. The second kappa shape index (κ2) is 8.44. The lowest BCUT2D eigenvalue weighted by Crippen LogP contribution is -2.76. The van der Waals surface area contributed by atoms with Crippen molar-refractivity contribution in [3.63, 3.8) is 0 Å². The lowest BCUT2D eigenvalue weighted by Gasteiger charge is -2.63. The van der Waals surface area contributed by atoms with Crippen LogP contribution in [-0.4, -0.2) is 84.9 Å². The third-order valence-corrected chi connectivity index (χ3v) is 7.51. The summed E-state index contributed by atoms with van der Waals surface area (Å²) in [7, 11) is 1.58. The van der Waals surface area contributed by atoms with Crippen LogP contribution in [0.15, 0.2) is 18.3 Å². The van der Waals surface area contributed by atoms with E-state index in [1.165, 1.54) is 12.8 Å². The number of ether oxygens (including phenoxy) is 3. The largest absolute Gasteiger partial charge is 0.481 e. The van der Waals surface area contributed by atoms with Crippen molar-refractivity contribution in [2.24, 2.45) is 5.92 Å². The smallest absolute Gasteiger partial charge is 0.255 e. The van der Waals surface area contributed by atoms with E-state index in [4.69, 9.17) is 14.2 Å². The number of carbonyl (C=O) groups excluding carboxylic acids is 1. The van der Waals surface area contributed by atoms with Crippen LogP contribution in [0.5, 0.6) is 5.88 Å². The van der Waals surface area contributed by atoms with Crippen LogP contribution in [0.25, 0.3) is 0 Å². The summed E-state index contributed by atoms with van der Waals surface area (Å²) in [6.07, 6.45) is 8.82. The van der Waals surface area contributed by atoms with Crippen molar-refractivity contribution in [1.29, 1.82) is 0 Å². The van der Waals surface area contributed by atoms with Gasteiger partial charge in [-0.15, -0.1) is 0 Å². The molecule has 1 amide bonds. The number of piperidine rings is 1. The Bertz CT molecular complexity index is 737. The topological polar surface area (TPSA) is 64.1 Å². The number of rotatable bonds is 6. The Labute approximate surface area is 178 Å². The van der Waals surface area contributed by atoms with Gasteiger partial charge in [0.25, 0.3) is 5.91 Å². The number of hydrogen-bond donors (Lipinski definition) is 0. The first kappa shape index (κ1) is 20.2. The van der Waals surface area contributed by atoms with E-state index in [-0.39, 0.29) is 11.4 Å². The molecule has 7 nitrogen and oxygen atoms in total. The van der Waals surface area contributed by atoms with E-state index >= 15 is 0 Å². The van der Waals surface area contributed by atoms with Crippen LogP contribution in [0.3, 0.4) is 0 Å². The minimum atomic E-state index is 0.0682. The zero-order valence-electron chi connectivity index (χ0n) is 17.9. The van der Waals surface area contributed by atoms with Gasteiger partial charge in [0.2, 0.25) is 5.88 Å². The molecule has 1 saturated carbocycles. The molecule has 1 aromatic heterocycles. The van der Waals surface area contributed by atoms with E-state index in [1.807, 2.05) is 4.90 Å². The molecule has 0 radical (unpaired) electrons. The molecule has 1 spiro atoms. The minimum absolute atomic E-state index is 0.0682. The van der Waals surface area contributed by atoms with E-state index in [0.717, 1.165) is 71.1 Å². The second-order valence-corrected chi connectivity index (χ2v) is 9.25. The molecule has 0 N–H and O–H groups in total. The van der Waals surface area contributed by atoms with Gasteiger partial charge in [-0.1, -0.05) is 0 Å². The summed E-state index contributed by atoms with van der Waals surface area (Å²) in [5, 5.41) is 0. The Morgan fingerprint density at radius 1 is 1.20 bits per heavy atom. The van der Waals surface area contributed by atoms with E-state index < -0.39 is 0 Å². The Morgan fingerprint density at radius 2 is 1.97 bits per heavy atom. The first-order chi connectivity index (χ1) is 14.7. The second-order valence-electron chi connectivity index (χ2n) is 9.25. The monoisotopic (exact) mass is 415 g/mol. The molecule has 3 saturated heterocycles. The lowest BCUT2D eigenvalue weighted by atomic mass is 9.73. The van der Waals surface area contributed by atoms with Crippen molar-refractivity contribution in [2.45, 2.75) is 56.2 Å². The van der Waals surface area contributed by atoms with Gasteiger partial charge in [-0.2, -0.15) is 0 Å². The predicted molar refractivity (Wildman–Crippen MR) is 112 cm³/mol. The van der Waals surface area contributed by atoms with Crippen molar-refractivity contribution in [3.05, 3.63) is 23.9 Å². The fourth-order valence-electron chi connectivity index (χ4n) is 5.38. The summed E-state index contributed by atoms with van der Waals surface area (Å²) in [6, 6.07) is 4.08. The summed E-state index contributed by atoms with van der Waals surface area (Å²) in [4.78, 5) is 21.7. The third-order valence-electron chi connectivity index (χ3n) is 7.51. The molecule has 4 aliphatic rings. The zero-order valence-corrected chi connectivity index (χ0v) is 17.9. The van der Waals surface area contributed by atoms with Gasteiger partial charge in [-0.25, -0.2) is 4.98 Å². The van der Waals surface area contributed by atoms with Crippen molar-refractivity contribution in [3.8, 4) is 5.88 Å². The molecule has 30 heavy (non-hydrogen) atoms. The van der Waals surface area contributed by atoms with E-state index in [2.05, 4.69) is 9.88 Å². The van der Waals surface area contributed by atoms with Crippen molar-refractivity contribution >= 4 is 5.91 Å². The van der Waals surface area contributed by atoms with Crippen LogP contribution < -0.4 is 4.74 Å². The van der Waals surface area contributed by atoms with Gasteiger partial charge in [0.15, 0.2) is 0 Å². The molecule has 4 fully saturated rings. The van der Waals surface area contributed by atoms with Gasteiger partial charge >= 0.3 is 0 Å². The predicted octanol–water partition coefficient (Wildman–Crippen LogP) is 2.35. The molecular formula is C23H33N3O4. The van der Waals surface area contributed by atoms with Gasteiger partial charge in [0.1, 0.15) is 0 Å². The Hall–Kier alpha value is -1.70. The molecule has 1 aliphatic carbocycles. The highest BCUT2D eigenvalue weighted by Crippen LogP contribution is 2.45. The van der Waals surface area contributed by atoms with Crippen LogP contribution in [0.1, 0.15) is 48.9 Å². The van der Waals surface area contributed by atoms with Gasteiger partial charge in [-0.3, -0.25) is 9.69 Å². The minimum Gasteiger partial charge on any atom is -0.481 e. The molecule has 1 atom stereocenters. The van der Waals surface area contributed by atoms with Crippen molar-refractivity contribution in [1.82, 2.24) is 14.8 Å². The highest BCUT2D eigenvalue weighted by atomic mass is 16.5. The fraction of sp³-hybridized carbons (Fsp3) is 0.739. The van der Waals surface area contributed by atoms with Crippen LogP contribution in [-0.2, 0) is 9.47 Å². The van der Waals surface area contributed by atoms with Gasteiger partial charge in [-0.05, 0) is 50.5 Å². The summed E-state index contributed by atoms with van der Waals surface area (Å²) in [6.45, 7) is 5.24. The fourth-order valence-corrected chi connectivity index (χ4v) is 5.38. The van der Waals surface area contributed by atoms with Crippen LogP contribution >= 0.6 is 0 Å². The molecule has 5 rings (SSSR count). The normalized spacial score (nSPS) is 27.1. The van der Waals surface area contributed by atoms with E-state index in [9.17, 15) is 4.79 Å². The number of nitrogens with zero attached hydrogens (tertiary/aromatic N) is 3. The van der Waals surface area contributed by atoms with Gasteiger partial charge < -0.3 is 19.1 Å². The number of amides is 1. The Morgan fingerprint density at radius 3 is 2.60 bits per heavy atom. The molecule has 0 aromatic carbocycles. The summed E-state index contributed by atoms with van der Waals surface area (Å²) < 4.78 is 17.2. The van der Waals surface area contributed by atoms with Gasteiger partial charge in [0, 0.05) is 57.8 Å². The maximum absolute atomic E-state index is 12.9. The SMILES string of the molecule is COc1ccc(C(=O)N2CCC(N3CC(OCC4CC4)C34CCOCC4)CC2)cn1. The molecule has 3 aliphatic heterocycles. The molecule has 4 heterocycles. The lowest BCUT2D eigenvalue weighted by molar-refractivity contribution is -0.217. The standard InChI is InChI=1S/C23H33N3O4/c1-28-21-5-4-18(14-24-21)22(27)25-10-6-19(7-11-25)26-15-20(30-16-17-2-3-17)23(26)8-12-29-13-9-23/h4-5,14,17,19-20H,2-3,6-13,15-16H2,1H3. The maximum Gasteiger partial charge on any atom is 0.255 e.